The Labute approximate surface area is 168 Å². The SMILES string of the molecule is O=C(O)CC/C(=N\O)c1ccc(NC(=O)c2ccc(-c3ccccc3)cc2)cc1. The van der Waals surface area contributed by atoms with Crippen molar-refractivity contribution in [3.05, 3.63) is 90.0 Å². The fourth-order valence-corrected chi connectivity index (χ4v) is 2.87. The maximum atomic E-state index is 12.5. The number of nitrogens with one attached hydrogen (secondary N) is 1. The minimum Gasteiger partial charge on any atom is -0.481 e. The first-order valence-corrected chi connectivity index (χ1v) is 9.07. The highest BCUT2D eigenvalue weighted by molar-refractivity contribution is 6.05. The van der Waals surface area contributed by atoms with Gasteiger partial charge in [0, 0.05) is 17.7 Å². The molecule has 29 heavy (non-hydrogen) atoms. The Hall–Kier alpha value is -3.93. The van der Waals surface area contributed by atoms with E-state index in [1.165, 1.54) is 0 Å². The molecule has 1 amide bonds. The number of anilines is 1. The van der Waals surface area contributed by atoms with Crippen molar-refractivity contribution in [2.24, 2.45) is 5.16 Å². The molecule has 3 aromatic rings. The Kier molecular flexibility index (Phi) is 6.37. The standard InChI is InChI=1S/C23H20N2O4/c26-22(27)15-14-21(25-29)18-10-12-20(13-11-18)24-23(28)19-8-6-17(7-9-19)16-4-2-1-3-5-16/h1-13,29H,14-15H2,(H,24,28)(H,26,27)/b25-21+. The van der Waals surface area contributed by atoms with E-state index in [1.807, 2.05) is 42.5 Å². The van der Waals surface area contributed by atoms with Gasteiger partial charge in [-0.2, -0.15) is 0 Å². The Balaban J connectivity index is 1.65. The predicted molar refractivity (Wildman–Crippen MR) is 111 cm³/mol. The monoisotopic (exact) mass is 388 g/mol. The van der Waals surface area contributed by atoms with Gasteiger partial charge in [-0.25, -0.2) is 0 Å². The summed E-state index contributed by atoms with van der Waals surface area (Å²) in [5.74, 6) is -1.20. The van der Waals surface area contributed by atoms with Gasteiger partial charge in [-0.05, 0) is 41.0 Å². The largest absolute Gasteiger partial charge is 0.481 e. The molecule has 0 bridgehead atoms. The first-order valence-electron chi connectivity index (χ1n) is 9.07. The number of nitrogens with zero attached hydrogens (tertiary/aromatic N) is 1. The van der Waals surface area contributed by atoms with Gasteiger partial charge in [0.15, 0.2) is 0 Å². The highest BCUT2D eigenvalue weighted by Crippen LogP contribution is 2.20. The van der Waals surface area contributed by atoms with Crippen molar-refractivity contribution in [1.29, 1.82) is 0 Å². The van der Waals surface area contributed by atoms with E-state index in [1.54, 1.807) is 36.4 Å². The van der Waals surface area contributed by atoms with Gasteiger partial charge in [-0.1, -0.05) is 59.8 Å². The topological polar surface area (TPSA) is 99.0 Å². The molecule has 0 unspecified atom stereocenters. The van der Waals surface area contributed by atoms with Crippen LogP contribution in [0, 0.1) is 0 Å². The lowest BCUT2D eigenvalue weighted by molar-refractivity contribution is -0.136. The molecule has 146 valence electrons. The first kappa shape index (κ1) is 19.8. The van der Waals surface area contributed by atoms with E-state index in [-0.39, 0.29) is 24.5 Å². The van der Waals surface area contributed by atoms with Gasteiger partial charge in [0.25, 0.3) is 5.91 Å². The van der Waals surface area contributed by atoms with Crippen molar-refractivity contribution in [3.8, 4) is 11.1 Å². The summed E-state index contributed by atoms with van der Waals surface area (Å²) in [6.07, 6.45) is -0.0117. The van der Waals surface area contributed by atoms with Gasteiger partial charge in [0.2, 0.25) is 0 Å². The zero-order valence-corrected chi connectivity index (χ0v) is 15.6. The smallest absolute Gasteiger partial charge is 0.303 e. The number of aliphatic carboxylic acids is 1. The van der Waals surface area contributed by atoms with Crippen molar-refractivity contribution in [2.75, 3.05) is 5.32 Å². The number of carboxylic acid groups (broad SMARTS) is 1. The lowest BCUT2D eigenvalue weighted by atomic mass is 10.0. The van der Waals surface area contributed by atoms with E-state index in [0.717, 1.165) is 11.1 Å². The van der Waals surface area contributed by atoms with E-state index in [2.05, 4.69) is 10.5 Å². The molecular weight excluding hydrogens is 368 g/mol. The number of hydrogen-bond acceptors (Lipinski definition) is 4. The Morgan fingerprint density at radius 2 is 1.34 bits per heavy atom. The summed E-state index contributed by atoms with van der Waals surface area (Å²) in [5.41, 5.74) is 4.11. The number of carbonyl (C=O) groups is 2. The van der Waals surface area contributed by atoms with Crippen LogP contribution in [0.25, 0.3) is 11.1 Å². The molecule has 0 aliphatic rings. The molecule has 0 spiro atoms. The number of oxime groups is 1. The number of amides is 1. The molecule has 0 heterocycles. The molecule has 3 aromatic carbocycles. The van der Waals surface area contributed by atoms with Crippen molar-refractivity contribution < 1.29 is 19.9 Å². The quantitative estimate of drug-likeness (QED) is 0.312. The van der Waals surface area contributed by atoms with Gasteiger partial charge in [-0.3, -0.25) is 9.59 Å². The molecule has 6 heteroatoms. The summed E-state index contributed by atoms with van der Waals surface area (Å²) >= 11 is 0. The van der Waals surface area contributed by atoms with Crippen LogP contribution in [0.15, 0.2) is 84.0 Å². The van der Waals surface area contributed by atoms with Crippen molar-refractivity contribution >= 4 is 23.3 Å². The normalized spacial score (nSPS) is 11.1. The number of carboxylic acids is 1. The maximum Gasteiger partial charge on any atom is 0.303 e. The highest BCUT2D eigenvalue weighted by atomic mass is 16.4. The number of rotatable bonds is 7. The van der Waals surface area contributed by atoms with Crippen LogP contribution in [0.1, 0.15) is 28.8 Å². The average molecular weight is 388 g/mol. The molecule has 0 saturated heterocycles. The maximum absolute atomic E-state index is 12.5. The summed E-state index contributed by atoms with van der Waals surface area (Å²) in [6.45, 7) is 0. The van der Waals surface area contributed by atoms with E-state index in [0.29, 0.717) is 16.8 Å². The fraction of sp³-hybridized carbons (Fsp3) is 0.0870. The second-order valence-electron chi connectivity index (χ2n) is 6.42. The van der Waals surface area contributed by atoms with Crippen LogP contribution in [0.4, 0.5) is 5.69 Å². The van der Waals surface area contributed by atoms with Crippen molar-refractivity contribution in [1.82, 2.24) is 0 Å². The third-order valence-corrected chi connectivity index (χ3v) is 4.43. The summed E-state index contributed by atoms with van der Waals surface area (Å²) < 4.78 is 0. The van der Waals surface area contributed by atoms with Gasteiger partial charge < -0.3 is 15.6 Å². The minimum atomic E-state index is -0.965. The molecule has 3 rings (SSSR count). The van der Waals surface area contributed by atoms with Crippen LogP contribution in [-0.2, 0) is 4.79 Å². The van der Waals surface area contributed by atoms with E-state index in [9.17, 15) is 9.59 Å². The second kappa shape index (κ2) is 9.32. The van der Waals surface area contributed by atoms with Crippen molar-refractivity contribution in [3.63, 3.8) is 0 Å². The van der Waals surface area contributed by atoms with Crippen LogP contribution in [0.3, 0.4) is 0 Å². The summed E-state index contributed by atoms with van der Waals surface area (Å²) in [4.78, 5) is 23.2. The zero-order chi connectivity index (χ0) is 20.6. The van der Waals surface area contributed by atoms with Crippen molar-refractivity contribution in [2.45, 2.75) is 12.8 Å². The number of hydrogen-bond donors (Lipinski definition) is 3. The molecule has 0 radical (unpaired) electrons. The van der Waals surface area contributed by atoms with E-state index < -0.39 is 5.97 Å². The van der Waals surface area contributed by atoms with Gasteiger partial charge >= 0.3 is 5.97 Å². The van der Waals surface area contributed by atoms with Gasteiger partial charge in [0.1, 0.15) is 0 Å². The van der Waals surface area contributed by atoms with E-state index >= 15 is 0 Å². The molecule has 0 aliphatic carbocycles. The molecule has 0 saturated carbocycles. The second-order valence-corrected chi connectivity index (χ2v) is 6.42. The fourth-order valence-electron chi connectivity index (χ4n) is 2.87. The third-order valence-electron chi connectivity index (χ3n) is 4.43. The Bertz CT molecular complexity index is 1010. The lowest BCUT2D eigenvalue weighted by Crippen LogP contribution is -2.12. The van der Waals surface area contributed by atoms with Crippen LogP contribution in [-0.4, -0.2) is 27.9 Å². The van der Waals surface area contributed by atoms with Crippen LogP contribution in [0.2, 0.25) is 0 Å². The molecular formula is C23H20N2O4. The van der Waals surface area contributed by atoms with E-state index in [4.69, 9.17) is 10.3 Å². The number of benzene rings is 3. The molecule has 6 nitrogen and oxygen atoms in total. The summed E-state index contributed by atoms with van der Waals surface area (Å²) in [7, 11) is 0. The van der Waals surface area contributed by atoms with Crippen LogP contribution < -0.4 is 5.32 Å². The average Bonchev–Trinajstić information content (AvgIpc) is 2.76. The third kappa shape index (κ3) is 5.29. The summed E-state index contributed by atoms with van der Waals surface area (Å²) in [6, 6.07) is 24.0. The molecule has 0 aromatic heterocycles. The van der Waals surface area contributed by atoms with Gasteiger partial charge in [-0.15, -0.1) is 0 Å². The molecule has 0 aliphatic heterocycles. The van der Waals surface area contributed by atoms with Crippen LogP contribution >= 0.6 is 0 Å². The minimum absolute atomic E-state index is 0.116. The van der Waals surface area contributed by atoms with Gasteiger partial charge in [0.05, 0.1) is 12.1 Å². The molecule has 0 fully saturated rings. The molecule has 3 N–H and O–H groups in total. The first-order chi connectivity index (χ1) is 14.1. The van der Waals surface area contributed by atoms with Crippen LogP contribution in [0.5, 0.6) is 0 Å². The zero-order valence-electron chi connectivity index (χ0n) is 15.6. The number of carbonyl (C=O) groups excluding carboxylic acids is 1. The predicted octanol–water partition coefficient (Wildman–Crippen LogP) is 4.65. The lowest BCUT2D eigenvalue weighted by Gasteiger charge is -2.08. The Morgan fingerprint density at radius 3 is 1.93 bits per heavy atom. The summed E-state index contributed by atoms with van der Waals surface area (Å²) in [5, 5.41) is 23.8. The Morgan fingerprint density at radius 1 is 0.759 bits per heavy atom. The molecule has 0 atom stereocenters. The highest BCUT2D eigenvalue weighted by Gasteiger charge is 2.10.